The van der Waals surface area contributed by atoms with Crippen LogP contribution in [0.5, 0.6) is 0 Å². The number of thioether (sulfide) groups is 2. The zero-order valence-electron chi connectivity index (χ0n) is 8.64. The number of carboxylic acid groups (broad SMARTS) is 1. The summed E-state index contributed by atoms with van der Waals surface area (Å²) in [7, 11) is 3.52. The van der Waals surface area contributed by atoms with E-state index in [1.807, 2.05) is 12.5 Å². The minimum absolute atomic E-state index is 0.0497. The molecule has 0 amide bonds. The summed E-state index contributed by atoms with van der Waals surface area (Å²) in [4.78, 5) is 16.5. The first-order valence-electron chi connectivity index (χ1n) is 3.79. The van der Waals surface area contributed by atoms with Gasteiger partial charge >= 0.3 is 5.97 Å². The Morgan fingerprint density at radius 1 is 1.36 bits per heavy atom. The fraction of sp³-hybridized carbons (Fsp3) is 0.500. The Labute approximate surface area is 92.5 Å². The molecule has 0 aromatic heterocycles. The Balaban J connectivity index is 4.85. The molecule has 0 heterocycles. The number of hydrogen-bond acceptors (Lipinski definition) is 5. The zero-order valence-corrected chi connectivity index (χ0v) is 10.3. The molecule has 0 aliphatic rings. The van der Waals surface area contributed by atoms with Crippen molar-refractivity contribution in [3.8, 4) is 0 Å². The monoisotopic (exact) mass is 234 g/mol. The van der Waals surface area contributed by atoms with Gasteiger partial charge in [0.25, 0.3) is 0 Å². The molecule has 0 spiro atoms. The van der Waals surface area contributed by atoms with Gasteiger partial charge in [-0.2, -0.15) is 0 Å². The molecule has 0 rings (SSSR count). The first kappa shape index (κ1) is 13.4. The van der Waals surface area contributed by atoms with E-state index in [9.17, 15) is 4.79 Å². The molecule has 0 aliphatic heterocycles. The van der Waals surface area contributed by atoms with Crippen molar-refractivity contribution in [3.63, 3.8) is 0 Å². The Kier molecular flexibility index (Phi) is 6.48. The van der Waals surface area contributed by atoms with Gasteiger partial charge in [0, 0.05) is 20.3 Å². The van der Waals surface area contributed by atoms with Gasteiger partial charge in [0.05, 0.1) is 0 Å². The third-order valence-electron chi connectivity index (χ3n) is 1.16. The highest BCUT2D eigenvalue weighted by atomic mass is 32.2. The van der Waals surface area contributed by atoms with Gasteiger partial charge in [-0.05, 0) is 12.5 Å². The molecule has 0 atom stereocenters. The topological polar surface area (TPSA) is 52.9 Å². The van der Waals surface area contributed by atoms with Crippen LogP contribution in [0.2, 0.25) is 0 Å². The van der Waals surface area contributed by atoms with E-state index in [-0.39, 0.29) is 5.70 Å². The summed E-state index contributed by atoms with van der Waals surface area (Å²) in [6.07, 6.45) is 5.21. The van der Waals surface area contributed by atoms with Crippen LogP contribution in [0.3, 0.4) is 0 Å². The Morgan fingerprint density at radius 2 is 1.86 bits per heavy atom. The normalized spacial score (nSPS) is 11.0. The van der Waals surface area contributed by atoms with Crippen LogP contribution in [0.15, 0.2) is 16.9 Å². The average Bonchev–Trinajstić information content (AvgIpc) is 2.11. The lowest BCUT2D eigenvalue weighted by molar-refractivity contribution is -0.132. The summed E-state index contributed by atoms with van der Waals surface area (Å²) < 4.78 is 0.737. The highest BCUT2D eigenvalue weighted by Crippen LogP contribution is 2.14. The van der Waals surface area contributed by atoms with Crippen molar-refractivity contribution in [2.45, 2.75) is 0 Å². The first-order valence-corrected chi connectivity index (χ1v) is 6.24. The minimum Gasteiger partial charge on any atom is -0.476 e. The largest absolute Gasteiger partial charge is 0.476 e. The molecular formula is C8H14N2O2S2. The van der Waals surface area contributed by atoms with Gasteiger partial charge in [0.15, 0.2) is 5.70 Å². The highest BCUT2D eigenvalue weighted by Gasteiger charge is 2.07. The van der Waals surface area contributed by atoms with Crippen LogP contribution < -0.4 is 0 Å². The molecule has 80 valence electrons. The number of carboxylic acids is 1. The number of hydrogen-bond donors (Lipinski definition) is 1. The minimum atomic E-state index is -1.01. The van der Waals surface area contributed by atoms with Gasteiger partial charge in [-0.3, -0.25) is 0 Å². The molecule has 1 N–H and O–H groups in total. The lowest BCUT2D eigenvalue weighted by Crippen LogP contribution is -2.08. The number of rotatable bonds is 3. The molecule has 0 unspecified atom stereocenters. The summed E-state index contributed by atoms with van der Waals surface area (Å²) in [5, 5.41) is 8.84. The van der Waals surface area contributed by atoms with Crippen LogP contribution in [-0.2, 0) is 4.79 Å². The van der Waals surface area contributed by atoms with E-state index in [0.29, 0.717) is 0 Å². The van der Waals surface area contributed by atoms with Crippen LogP contribution in [-0.4, -0.2) is 47.0 Å². The summed E-state index contributed by atoms with van der Waals surface area (Å²) in [5.74, 6) is -1.01. The summed E-state index contributed by atoms with van der Waals surface area (Å²) in [5.41, 5.74) is 0.0497. The standard InChI is InChI=1S/C8H14N2O2S2/c1-10(2)5-6(7(11)12)9-8(13-3)14-4/h5H,1-4H3,(H,11,12). The van der Waals surface area contributed by atoms with Crippen molar-refractivity contribution in [1.29, 1.82) is 0 Å². The number of aliphatic imine (C=N–C) groups is 1. The molecule has 0 bridgehead atoms. The van der Waals surface area contributed by atoms with E-state index in [1.54, 1.807) is 19.0 Å². The highest BCUT2D eigenvalue weighted by molar-refractivity contribution is 8.38. The lowest BCUT2D eigenvalue weighted by Gasteiger charge is -2.06. The molecular weight excluding hydrogens is 220 g/mol. The predicted molar refractivity (Wildman–Crippen MR) is 63.9 cm³/mol. The number of aliphatic carboxylic acids is 1. The Hall–Kier alpha value is -0.620. The maximum absolute atomic E-state index is 10.8. The molecule has 0 aromatic rings. The van der Waals surface area contributed by atoms with E-state index in [1.165, 1.54) is 29.7 Å². The maximum atomic E-state index is 10.8. The first-order chi connectivity index (χ1) is 6.51. The SMILES string of the molecule is CSC(=NC(=CN(C)C)C(=O)O)SC. The van der Waals surface area contributed by atoms with Crippen LogP contribution in [0.1, 0.15) is 0 Å². The number of carbonyl (C=O) groups is 1. The van der Waals surface area contributed by atoms with E-state index in [2.05, 4.69) is 4.99 Å². The van der Waals surface area contributed by atoms with Gasteiger partial charge in [-0.1, -0.05) is 0 Å². The van der Waals surface area contributed by atoms with Crippen LogP contribution >= 0.6 is 23.5 Å². The second kappa shape index (κ2) is 6.78. The van der Waals surface area contributed by atoms with Gasteiger partial charge in [-0.25, -0.2) is 9.79 Å². The number of nitrogens with zero attached hydrogens (tertiary/aromatic N) is 2. The van der Waals surface area contributed by atoms with Crippen molar-refractivity contribution < 1.29 is 9.90 Å². The third-order valence-corrected chi connectivity index (χ3v) is 3.04. The van der Waals surface area contributed by atoms with Crippen molar-refractivity contribution in [1.82, 2.24) is 4.90 Å². The fourth-order valence-electron chi connectivity index (χ4n) is 0.649. The molecule has 0 saturated heterocycles. The molecule has 0 saturated carbocycles. The van der Waals surface area contributed by atoms with Crippen LogP contribution in [0.4, 0.5) is 0 Å². The van der Waals surface area contributed by atoms with Gasteiger partial charge in [0.1, 0.15) is 4.38 Å². The Bertz CT molecular complexity index is 256. The summed E-state index contributed by atoms with van der Waals surface area (Å²) >= 11 is 2.87. The predicted octanol–water partition coefficient (Wildman–Crippen LogP) is 1.56. The van der Waals surface area contributed by atoms with Crippen molar-refractivity contribution in [2.75, 3.05) is 26.6 Å². The van der Waals surface area contributed by atoms with Crippen molar-refractivity contribution in [3.05, 3.63) is 11.9 Å². The van der Waals surface area contributed by atoms with Crippen molar-refractivity contribution >= 4 is 33.9 Å². The molecule has 0 aliphatic carbocycles. The van der Waals surface area contributed by atoms with E-state index in [0.717, 1.165) is 4.38 Å². The fourth-order valence-corrected chi connectivity index (χ4v) is 1.70. The lowest BCUT2D eigenvalue weighted by atomic mass is 10.5. The van der Waals surface area contributed by atoms with Crippen LogP contribution in [0, 0.1) is 0 Å². The maximum Gasteiger partial charge on any atom is 0.356 e. The smallest absolute Gasteiger partial charge is 0.356 e. The van der Waals surface area contributed by atoms with Gasteiger partial charge in [-0.15, -0.1) is 23.5 Å². The molecule has 0 aromatic carbocycles. The second-order valence-electron chi connectivity index (χ2n) is 2.57. The molecule has 0 fully saturated rings. The second-order valence-corrected chi connectivity index (χ2v) is 4.42. The van der Waals surface area contributed by atoms with Gasteiger partial charge < -0.3 is 10.0 Å². The summed E-state index contributed by atoms with van der Waals surface area (Å²) in [6, 6.07) is 0. The van der Waals surface area contributed by atoms with E-state index >= 15 is 0 Å². The molecule has 6 heteroatoms. The third kappa shape index (κ3) is 5.18. The average molecular weight is 234 g/mol. The van der Waals surface area contributed by atoms with E-state index < -0.39 is 5.97 Å². The van der Waals surface area contributed by atoms with Crippen LogP contribution in [0.25, 0.3) is 0 Å². The van der Waals surface area contributed by atoms with E-state index in [4.69, 9.17) is 5.11 Å². The molecule has 14 heavy (non-hydrogen) atoms. The Morgan fingerprint density at radius 3 is 2.14 bits per heavy atom. The van der Waals surface area contributed by atoms with Crippen molar-refractivity contribution in [2.24, 2.45) is 4.99 Å². The molecule has 0 radical (unpaired) electrons. The van der Waals surface area contributed by atoms with Gasteiger partial charge in [0.2, 0.25) is 0 Å². The summed E-state index contributed by atoms with van der Waals surface area (Å²) in [6.45, 7) is 0. The molecule has 4 nitrogen and oxygen atoms in total. The zero-order chi connectivity index (χ0) is 11.1. The quantitative estimate of drug-likeness (QED) is 0.456.